The summed E-state index contributed by atoms with van der Waals surface area (Å²) in [4.78, 5) is 10.9. The van der Waals surface area contributed by atoms with E-state index in [1.54, 1.807) is 12.1 Å². The normalized spacial score (nSPS) is 11.3. The zero-order valence-corrected chi connectivity index (χ0v) is 8.60. The van der Waals surface area contributed by atoms with Gasteiger partial charge in [0.2, 0.25) is 0 Å². The van der Waals surface area contributed by atoms with E-state index >= 15 is 0 Å². The molecule has 0 aromatic heterocycles. The van der Waals surface area contributed by atoms with Gasteiger partial charge in [0.25, 0.3) is 0 Å². The number of hydrogen-bond donors (Lipinski definition) is 1. The molecule has 2 aromatic carbocycles. The molecule has 0 saturated carbocycles. The van der Waals surface area contributed by atoms with Crippen molar-refractivity contribution in [2.75, 3.05) is 0 Å². The van der Waals surface area contributed by atoms with Crippen molar-refractivity contribution in [2.24, 2.45) is 0 Å². The van der Waals surface area contributed by atoms with Crippen LogP contribution in [0.4, 0.5) is 0 Å². The van der Waals surface area contributed by atoms with E-state index in [9.17, 15) is 4.79 Å². The Hall–Kier alpha value is -1.09. The first-order valence-corrected chi connectivity index (χ1v) is 5.20. The molecule has 0 bridgehead atoms. The number of aromatic carboxylic acids is 1. The van der Waals surface area contributed by atoms with Gasteiger partial charge >= 0.3 is 35.5 Å². The minimum atomic E-state index is -0.868. The SMILES string of the molecule is O=C(O)c1ccc2c(c1)-c1ccccc1C2.[NaH]. The van der Waals surface area contributed by atoms with Crippen molar-refractivity contribution >= 4 is 35.5 Å². The molecule has 2 nitrogen and oxygen atoms in total. The summed E-state index contributed by atoms with van der Waals surface area (Å²) < 4.78 is 0. The van der Waals surface area contributed by atoms with Gasteiger partial charge in [-0.1, -0.05) is 30.3 Å². The maximum absolute atomic E-state index is 10.9. The Balaban J connectivity index is 0.00000108. The monoisotopic (exact) mass is 234 g/mol. The van der Waals surface area contributed by atoms with E-state index in [-0.39, 0.29) is 29.6 Å². The molecule has 17 heavy (non-hydrogen) atoms. The molecule has 0 saturated heterocycles. The van der Waals surface area contributed by atoms with E-state index in [1.165, 1.54) is 16.7 Å². The van der Waals surface area contributed by atoms with Crippen LogP contribution in [0, 0.1) is 0 Å². The molecule has 0 amide bonds. The molecule has 3 heteroatoms. The molecule has 3 rings (SSSR count). The standard InChI is InChI=1S/C14H10O2.Na.H/c15-14(16)11-6-5-10-7-9-3-1-2-4-12(9)13(10)8-11;;/h1-6,8H,7H2,(H,15,16);;. The zero-order chi connectivity index (χ0) is 11.1. The van der Waals surface area contributed by atoms with Crippen LogP contribution in [-0.4, -0.2) is 40.6 Å². The van der Waals surface area contributed by atoms with E-state index in [0.717, 1.165) is 12.0 Å². The molecule has 80 valence electrons. The zero-order valence-electron chi connectivity index (χ0n) is 8.60. The maximum atomic E-state index is 10.9. The molecule has 0 heterocycles. The summed E-state index contributed by atoms with van der Waals surface area (Å²) in [5, 5.41) is 8.96. The Kier molecular flexibility index (Phi) is 3.38. The Morgan fingerprint density at radius 3 is 2.47 bits per heavy atom. The van der Waals surface area contributed by atoms with Crippen molar-refractivity contribution in [3.05, 3.63) is 59.2 Å². The van der Waals surface area contributed by atoms with Crippen LogP contribution in [0.15, 0.2) is 42.5 Å². The molecule has 0 atom stereocenters. The van der Waals surface area contributed by atoms with Gasteiger partial charge in [-0.3, -0.25) is 0 Å². The van der Waals surface area contributed by atoms with Crippen LogP contribution in [0.25, 0.3) is 11.1 Å². The van der Waals surface area contributed by atoms with Crippen LogP contribution in [0.3, 0.4) is 0 Å². The van der Waals surface area contributed by atoms with E-state index in [4.69, 9.17) is 5.11 Å². The van der Waals surface area contributed by atoms with Crippen LogP contribution >= 0.6 is 0 Å². The van der Waals surface area contributed by atoms with Crippen molar-refractivity contribution in [3.8, 4) is 11.1 Å². The Bertz CT molecular complexity index is 591. The fraction of sp³-hybridized carbons (Fsp3) is 0.0714. The molecular weight excluding hydrogens is 223 g/mol. The van der Waals surface area contributed by atoms with Gasteiger partial charge in [-0.2, -0.15) is 0 Å². The van der Waals surface area contributed by atoms with Gasteiger partial charge in [0.15, 0.2) is 0 Å². The molecule has 1 aliphatic carbocycles. The molecule has 0 fully saturated rings. The van der Waals surface area contributed by atoms with Gasteiger partial charge in [-0.25, -0.2) is 4.79 Å². The molecular formula is C14H11NaO2. The minimum absolute atomic E-state index is 0. The second-order valence-corrected chi connectivity index (χ2v) is 4.01. The summed E-state index contributed by atoms with van der Waals surface area (Å²) in [6.45, 7) is 0. The Labute approximate surface area is 122 Å². The fourth-order valence-electron chi connectivity index (χ4n) is 2.26. The van der Waals surface area contributed by atoms with Crippen molar-refractivity contribution in [3.63, 3.8) is 0 Å². The number of carbonyl (C=O) groups is 1. The number of carboxylic acid groups (broad SMARTS) is 1. The summed E-state index contributed by atoms with van der Waals surface area (Å²) in [6, 6.07) is 13.5. The van der Waals surface area contributed by atoms with Crippen LogP contribution in [0.2, 0.25) is 0 Å². The second-order valence-electron chi connectivity index (χ2n) is 4.01. The van der Waals surface area contributed by atoms with Gasteiger partial charge in [-0.15, -0.1) is 0 Å². The molecule has 2 aromatic rings. The number of benzene rings is 2. The van der Waals surface area contributed by atoms with Crippen molar-refractivity contribution in [1.82, 2.24) is 0 Å². The van der Waals surface area contributed by atoms with E-state index < -0.39 is 5.97 Å². The molecule has 0 radical (unpaired) electrons. The summed E-state index contributed by atoms with van der Waals surface area (Å²) in [5.41, 5.74) is 5.08. The van der Waals surface area contributed by atoms with Crippen LogP contribution < -0.4 is 0 Å². The summed E-state index contributed by atoms with van der Waals surface area (Å²) in [6.07, 6.45) is 0.908. The van der Waals surface area contributed by atoms with Crippen LogP contribution in [0.5, 0.6) is 0 Å². The van der Waals surface area contributed by atoms with Gasteiger partial charge in [0.05, 0.1) is 5.56 Å². The third-order valence-corrected chi connectivity index (χ3v) is 3.05. The van der Waals surface area contributed by atoms with Gasteiger partial charge in [0.1, 0.15) is 0 Å². The van der Waals surface area contributed by atoms with E-state index in [0.29, 0.717) is 5.56 Å². The summed E-state index contributed by atoms with van der Waals surface area (Å²) in [5.74, 6) is -0.868. The molecule has 1 N–H and O–H groups in total. The van der Waals surface area contributed by atoms with Crippen molar-refractivity contribution in [1.29, 1.82) is 0 Å². The predicted molar refractivity (Wildman–Crippen MR) is 68.8 cm³/mol. The first kappa shape index (κ1) is 12.4. The summed E-state index contributed by atoms with van der Waals surface area (Å²) in [7, 11) is 0. The van der Waals surface area contributed by atoms with Crippen molar-refractivity contribution < 1.29 is 9.90 Å². The number of carboxylic acids is 1. The summed E-state index contributed by atoms with van der Waals surface area (Å²) >= 11 is 0. The first-order valence-electron chi connectivity index (χ1n) is 5.20. The molecule has 0 aliphatic heterocycles. The predicted octanol–water partition coefficient (Wildman–Crippen LogP) is 2.31. The van der Waals surface area contributed by atoms with E-state index in [1.807, 2.05) is 24.3 Å². The fourth-order valence-corrected chi connectivity index (χ4v) is 2.26. The number of rotatable bonds is 1. The van der Waals surface area contributed by atoms with Crippen LogP contribution in [-0.2, 0) is 6.42 Å². The average molecular weight is 234 g/mol. The van der Waals surface area contributed by atoms with Crippen molar-refractivity contribution in [2.45, 2.75) is 6.42 Å². The molecule has 1 aliphatic rings. The second kappa shape index (κ2) is 4.65. The quantitative estimate of drug-likeness (QED) is 0.656. The number of hydrogen-bond acceptors (Lipinski definition) is 1. The third-order valence-electron chi connectivity index (χ3n) is 3.05. The number of fused-ring (bicyclic) bond motifs is 3. The van der Waals surface area contributed by atoms with Gasteiger partial charge in [0, 0.05) is 0 Å². The molecule has 0 unspecified atom stereocenters. The van der Waals surface area contributed by atoms with E-state index in [2.05, 4.69) is 6.07 Å². The van der Waals surface area contributed by atoms with Gasteiger partial charge < -0.3 is 5.11 Å². The third kappa shape index (κ3) is 2.04. The first-order chi connectivity index (χ1) is 7.75. The average Bonchev–Trinajstić information content (AvgIpc) is 2.66. The van der Waals surface area contributed by atoms with Gasteiger partial charge in [-0.05, 0) is 40.8 Å². The Morgan fingerprint density at radius 2 is 1.71 bits per heavy atom. The van der Waals surface area contributed by atoms with Crippen LogP contribution in [0.1, 0.15) is 21.5 Å². The Morgan fingerprint density at radius 1 is 1.00 bits per heavy atom. The molecule has 0 spiro atoms. The topological polar surface area (TPSA) is 37.3 Å².